The van der Waals surface area contributed by atoms with Crippen molar-refractivity contribution < 1.29 is 9.15 Å². The molecule has 0 aliphatic rings. The molecule has 2 aromatic rings. The summed E-state index contributed by atoms with van der Waals surface area (Å²) in [5.41, 5.74) is 1.16. The van der Waals surface area contributed by atoms with E-state index in [9.17, 15) is 4.79 Å². The van der Waals surface area contributed by atoms with Gasteiger partial charge in [-0.2, -0.15) is 0 Å². The minimum Gasteiger partial charge on any atom is -0.486 e. The van der Waals surface area contributed by atoms with Crippen molar-refractivity contribution >= 4 is 11.0 Å². The van der Waals surface area contributed by atoms with Gasteiger partial charge in [0.15, 0.2) is 0 Å². The van der Waals surface area contributed by atoms with Gasteiger partial charge in [0.05, 0.1) is 6.61 Å². The summed E-state index contributed by atoms with van der Waals surface area (Å²) in [4.78, 5) is 11.6. The summed E-state index contributed by atoms with van der Waals surface area (Å²) in [6.45, 7) is 6.14. The lowest BCUT2D eigenvalue weighted by Gasteiger charge is -2.05. The third kappa shape index (κ3) is 2.75. The molecular weight excluding hydrogens is 216 g/mol. The van der Waals surface area contributed by atoms with Crippen LogP contribution >= 0.6 is 0 Å². The number of rotatable bonds is 4. The predicted octanol–water partition coefficient (Wildman–Crippen LogP) is 3.14. The van der Waals surface area contributed by atoms with Crippen LogP contribution in [0.5, 0.6) is 5.75 Å². The van der Waals surface area contributed by atoms with E-state index in [0.717, 1.165) is 17.4 Å². The molecular formula is C14H14O3. The van der Waals surface area contributed by atoms with Crippen LogP contribution in [0.15, 0.2) is 51.7 Å². The standard InChI is InChI=1S/C14H14O3/c1-10(2)7-8-16-13-9-11-5-3-4-6-12(11)17-14(13)15/h3-6,9H,1,7-8H2,2H3. The molecule has 1 aromatic carbocycles. The van der Waals surface area contributed by atoms with Crippen LogP contribution < -0.4 is 10.4 Å². The van der Waals surface area contributed by atoms with Crippen molar-refractivity contribution in [3.8, 4) is 5.75 Å². The van der Waals surface area contributed by atoms with Crippen molar-refractivity contribution in [1.82, 2.24) is 0 Å². The van der Waals surface area contributed by atoms with Crippen molar-refractivity contribution in [2.75, 3.05) is 6.61 Å². The maximum Gasteiger partial charge on any atom is 0.379 e. The Bertz CT molecular complexity index is 596. The first kappa shape index (κ1) is 11.5. The van der Waals surface area contributed by atoms with Crippen LogP contribution in [0.2, 0.25) is 0 Å². The average Bonchev–Trinajstić information content (AvgIpc) is 2.29. The minimum atomic E-state index is -0.439. The fourth-order valence-electron chi connectivity index (χ4n) is 1.48. The third-order valence-electron chi connectivity index (χ3n) is 2.40. The van der Waals surface area contributed by atoms with Crippen LogP contribution in [-0.4, -0.2) is 6.61 Å². The molecule has 1 heterocycles. The summed E-state index contributed by atoms with van der Waals surface area (Å²) in [5, 5.41) is 0.859. The van der Waals surface area contributed by atoms with Crippen molar-refractivity contribution in [2.24, 2.45) is 0 Å². The predicted molar refractivity (Wildman–Crippen MR) is 67.4 cm³/mol. The topological polar surface area (TPSA) is 39.4 Å². The average molecular weight is 230 g/mol. The second kappa shape index (κ2) is 4.87. The molecule has 0 bridgehead atoms. The van der Waals surface area contributed by atoms with E-state index in [0.29, 0.717) is 12.2 Å². The molecule has 0 saturated carbocycles. The van der Waals surface area contributed by atoms with E-state index in [4.69, 9.17) is 9.15 Å². The number of hydrogen-bond donors (Lipinski definition) is 0. The quantitative estimate of drug-likeness (QED) is 0.598. The zero-order valence-electron chi connectivity index (χ0n) is 9.73. The number of fused-ring (bicyclic) bond motifs is 1. The Morgan fingerprint density at radius 1 is 1.41 bits per heavy atom. The van der Waals surface area contributed by atoms with Crippen LogP contribution in [0.3, 0.4) is 0 Å². The van der Waals surface area contributed by atoms with E-state index < -0.39 is 5.63 Å². The van der Waals surface area contributed by atoms with Crippen LogP contribution in [0.1, 0.15) is 13.3 Å². The van der Waals surface area contributed by atoms with E-state index in [-0.39, 0.29) is 5.75 Å². The Morgan fingerprint density at radius 2 is 2.18 bits per heavy atom. The molecule has 3 nitrogen and oxygen atoms in total. The molecule has 0 N–H and O–H groups in total. The molecule has 2 rings (SSSR count). The van der Waals surface area contributed by atoms with Crippen molar-refractivity contribution in [3.63, 3.8) is 0 Å². The largest absolute Gasteiger partial charge is 0.486 e. The Hall–Kier alpha value is -2.03. The maximum absolute atomic E-state index is 11.6. The molecule has 0 amide bonds. The van der Waals surface area contributed by atoms with Gasteiger partial charge in [-0.25, -0.2) is 4.79 Å². The van der Waals surface area contributed by atoms with Gasteiger partial charge in [-0.05, 0) is 19.1 Å². The van der Waals surface area contributed by atoms with Crippen LogP contribution in [0.4, 0.5) is 0 Å². The van der Waals surface area contributed by atoms with Gasteiger partial charge in [-0.15, -0.1) is 6.58 Å². The highest BCUT2D eigenvalue weighted by Gasteiger charge is 2.05. The molecule has 0 aliphatic carbocycles. The maximum atomic E-state index is 11.6. The molecule has 3 heteroatoms. The Kier molecular flexibility index (Phi) is 3.28. The molecule has 0 spiro atoms. The second-order valence-electron chi connectivity index (χ2n) is 3.99. The highest BCUT2D eigenvalue weighted by atomic mass is 16.5. The summed E-state index contributed by atoms with van der Waals surface area (Å²) < 4.78 is 10.5. The summed E-state index contributed by atoms with van der Waals surface area (Å²) in [5.74, 6) is 0.255. The molecule has 0 fully saturated rings. The molecule has 0 radical (unpaired) electrons. The number of benzene rings is 1. The molecule has 1 aromatic heterocycles. The first-order chi connectivity index (χ1) is 8.16. The molecule has 0 unspecified atom stereocenters. The number of ether oxygens (including phenoxy) is 1. The Labute approximate surface area is 99.3 Å². The van der Waals surface area contributed by atoms with Crippen LogP contribution in [-0.2, 0) is 0 Å². The van der Waals surface area contributed by atoms with E-state index in [1.165, 1.54) is 0 Å². The molecule has 0 aliphatic heterocycles. The molecule has 17 heavy (non-hydrogen) atoms. The van der Waals surface area contributed by atoms with E-state index in [1.54, 1.807) is 12.1 Å². The summed E-state index contributed by atoms with van der Waals surface area (Å²) >= 11 is 0. The molecule has 88 valence electrons. The fourth-order valence-corrected chi connectivity index (χ4v) is 1.48. The first-order valence-electron chi connectivity index (χ1n) is 5.47. The molecule has 0 atom stereocenters. The second-order valence-corrected chi connectivity index (χ2v) is 3.99. The van der Waals surface area contributed by atoms with Gasteiger partial charge in [0, 0.05) is 11.8 Å². The highest BCUT2D eigenvalue weighted by molar-refractivity contribution is 5.77. The van der Waals surface area contributed by atoms with Gasteiger partial charge >= 0.3 is 5.63 Å². The lowest BCUT2D eigenvalue weighted by Crippen LogP contribution is -2.08. The van der Waals surface area contributed by atoms with E-state index in [2.05, 4.69) is 6.58 Å². The van der Waals surface area contributed by atoms with Crippen LogP contribution in [0, 0.1) is 0 Å². The van der Waals surface area contributed by atoms with Gasteiger partial charge in [0.25, 0.3) is 0 Å². The van der Waals surface area contributed by atoms with Gasteiger partial charge in [-0.3, -0.25) is 0 Å². The third-order valence-corrected chi connectivity index (χ3v) is 2.40. The summed E-state index contributed by atoms with van der Waals surface area (Å²) in [6.07, 6.45) is 0.728. The van der Waals surface area contributed by atoms with Crippen LogP contribution in [0.25, 0.3) is 11.0 Å². The van der Waals surface area contributed by atoms with E-state index >= 15 is 0 Å². The van der Waals surface area contributed by atoms with Gasteiger partial charge in [-0.1, -0.05) is 23.8 Å². The monoisotopic (exact) mass is 230 g/mol. The Balaban J connectivity index is 2.25. The van der Waals surface area contributed by atoms with Gasteiger partial charge in [0.1, 0.15) is 5.58 Å². The SMILES string of the molecule is C=C(C)CCOc1cc2ccccc2oc1=O. The number of hydrogen-bond acceptors (Lipinski definition) is 3. The minimum absolute atomic E-state index is 0.255. The van der Waals surface area contributed by atoms with E-state index in [1.807, 2.05) is 25.1 Å². The molecule has 0 saturated heterocycles. The first-order valence-corrected chi connectivity index (χ1v) is 5.47. The summed E-state index contributed by atoms with van der Waals surface area (Å²) in [6, 6.07) is 9.06. The fraction of sp³-hybridized carbons (Fsp3) is 0.214. The lowest BCUT2D eigenvalue weighted by molar-refractivity contribution is 0.306. The van der Waals surface area contributed by atoms with Crippen molar-refractivity contribution in [2.45, 2.75) is 13.3 Å². The summed E-state index contributed by atoms with van der Waals surface area (Å²) in [7, 11) is 0. The zero-order chi connectivity index (χ0) is 12.3. The van der Waals surface area contributed by atoms with Gasteiger partial charge < -0.3 is 9.15 Å². The van der Waals surface area contributed by atoms with Gasteiger partial charge in [0.2, 0.25) is 5.75 Å². The van der Waals surface area contributed by atoms with Crippen molar-refractivity contribution in [3.05, 3.63) is 52.9 Å². The van der Waals surface area contributed by atoms with Crippen molar-refractivity contribution in [1.29, 1.82) is 0 Å². The smallest absolute Gasteiger partial charge is 0.379 e. The Morgan fingerprint density at radius 3 is 2.94 bits per heavy atom. The zero-order valence-corrected chi connectivity index (χ0v) is 9.73. The normalized spacial score (nSPS) is 10.4. The lowest BCUT2D eigenvalue weighted by atomic mass is 10.2. The highest BCUT2D eigenvalue weighted by Crippen LogP contribution is 2.16. The number of para-hydroxylation sites is 1.